The summed E-state index contributed by atoms with van der Waals surface area (Å²) in [6, 6.07) is 6.59. The third kappa shape index (κ3) is 4.78. The van der Waals surface area contributed by atoms with Crippen LogP contribution in [0, 0.1) is 0 Å². The van der Waals surface area contributed by atoms with Gasteiger partial charge in [-0.2, -0.15) is 23.4 Å². The maximum Gasteiger partial charge on any atom is 0.405 e. The normalized spacial score (nSPS) is 15.3. The molecule has 164 valence electrons. The quantitative estimate of drug-likeness (QED) is 0.568. The fraction of sp³-hybridized carbons (Fsp3) is 0.368. The van der Waals surface area contributed by atoms with E-state index in [1.807, 2.05) is 0 Å². The molecule has 0 aromatic carbocycles. The minimum absolute atomic E-state index is 0.0126. The van der Waals surface area contributed by atoms with Crippen LogP contribution in [0.15, 0.2) is 34.9 Å². The molecule has 4 rings (SSSR count). The number of nitrogens with one attached hydrogen (secondary N) is 3. The highest BCUT2D eigenvalue weighted by molar-refractivity contribution is 5.93. The summed E-state index contributed by atoms with van der Waals surface area (Å²) < 4.78 is 42.0. The number of amides is 2. The van der Waals surface area contributed by atoms with Gasteiger partial charge in [0.1, 0.15) is 17.9 Å². The van der Waals surface area contributed by atoms with Gasteiger partial charge in [-0.15, -0.1) is 0 Å². The number of rotatable bonds is 5. The molecule has 31 heavy (non-hydrogen) atoms. The van der Waals surface area contributed by atoms with E-state index in [0.29, 0.717) is 43.1 Å². The van der Waals surface area contributed by atoms with Crippen molar-refractivity contribution in [1.29, 1.82) is 0 Å². The Morgan fingerprint density at radius 3 is 2.58 bits per heavy atom. The number of aromatic nitrogens is 4. The van der Waals surface area contributed by atoms with E-state index in [1.54, 1.807) is 28.4 Å². The van der Waals surface area contributed by atoms with E-state index in [9.17, 15) is 22.8 Å². The van der Waals surface area contributed by atoms with Crippen molar-refractivity contribution in [2.75, 3.05) is 19.6 Å². The van der Waals surface area contributed by atoms with Gasteiger partial charge in [-0.25, -0.2) is 0 Å². The standard InChI is InChI=1S/C19H19F3N6O3/c20-19(21,22)10-23-17(29)14-8-12(24-26-14)11-3-5-28(6-4-11)18(30)15-9-13(25-27-15)16-2-1-7-31-16/h1-2,7-9,11H,3-6,10H2,(H,23,29)(H,24,26)(H,25,27). The van der Waals surface area contributed by atoms with Crippen LogP contribution in [0.4, 0.5) is 13.2 Å². The summed E-state index contributed by atoms with van der Waals surface area (Å²) in [5, 5.41) is 15.2. The first-order valence-electron chi connectivity index (χ1n) is 9.59. The highest BCUT2D eigenvalue weighted by Crippen LogP contribution is 2.28. The van der Waals surface area contributed by atoms with Crippen molar-refractivity contribution in [1.82, 2.24) is 30.6 Å². The molecule has 12 heteroatoms. The lowest BCUT2D eigenvalue weighted by Crippen LogP contribution is -2.38. The highest BCUT2D eigenvalue weighted by Gasteiger charge is 2.30. The Balaban J connectivity index is 1.32. The molecule has 0 saturated carbocycles. The van der Waals surface area contributed by atoms with Gasteiger partial charge in [-0.3, -0.25) is 19.8 Å². The van der Waals surface area contributed by atoms with E-state index in [1.165, 1.54) is 12.3 Å². The predicted octanol–water partition coefficient (Wildman–Crippen LogP) is 2.70. The molecule has 0 radical (unpaired) electrons. The smallest absolute Gasteiger partial charge is 0.405 e. The monoisotopic (exact) mass is 436 g/mol. The van der Waals surface area contributed by atoms with Crippen molar-refractivity contribution in [3.8, 4) is 11.5 Å². The number of nitrogens with zero attached hydrogens (tertiary/aromatic N) is 3. The highest BCUT2D eigenvalue weighted by atomic mass is 19.4. The first-order valence-corrected chi connectivity index (χ1v) is 9.59. The molecule has 3 N–H and O–H groups in total. The van der Waals surface area contributed by atoms with Crippen molar-refractivity contribution < 1.29 is 27.2 Å². The molecule has 2 amide bonds. The van der Waals surface area contributed by atoms with Crippen LogP contribution in [0.25, 0.3) is 11.5 Å². The summed E-state index contributed by atoms with van der Waals surface area (Å²) in [7, 11) is 0. The fourth-order valence-electron chi connectivity index (χ4n) is 3.48. The number of H-pyrrole nitrogens is 2. The van der Waals surface area contributed by atoms with Gasteiger partial charge in [-0.1, -0.05) is 0 Å². The van der Waals surface area contributed by atoms with E-state index in [0.717, 1.165) is 0 Å². The van der Waals surface area contributed by atoms with Crippen LogP contribution >= 0.6 is 0 Å². The second-order valence-corrected chi connectivity index (χ2v) is 7.22. The minimum Gasteiger partial charge on any atom is -0.463 e. The van der Waals surface area contributed by atoms with Crippen molar-refractivity contribution in [3.63, 3.8) is 0 Å². The SMILES string of the molecule is O=C(NCC(F)(F)F)c1cc(C2CCN(C(=O)c3cc(-c4ccco4)[nH]n3)CC2)[nH]n1. The molecule has 0 spiro atoms. The summed E-state index contributed by atoms with van der Waals surface area (Å²) in [4.78, 5) is 26.2. The van der Waals surface area contributed by atoms with E-state index < -0.39 is 18.6 Å². The van der Waals surface area contributed by atoms with Crippen molar-refractivity contribution >= 4 is 11.8 Å². The summed E-state index contributed by atoms with van der Waals surface area (Å²) in [6.07, 6.45) is -1.72. The van der Waals surface area contributed by atoms with Crippen LogP contribution < -0.4 is 5.32 Å². The van der Waals surface area contributed by atoms with Crippen LogP contribution in [0.1, 0.15) is 45.4 Å². The number of piperidine rings is 1. The average molecular weight is 436 g/mol. The Kier molecular flexibility index (Phi) is 5.53. The Hall–Kier alpha value is -3.57. The van der Waals surface area contributed by atoms with Gasteiger partial charge in [0.05, 0.1) is 6.26 Å². The number of hydrogen-bond acceptors (Lipinski definition) is 5. The average Bonchev–Trinajstić information content (AvgIpc) is 3.51. The first kappa shape index (κ1) is 20.7. The van der Waals surface area contributed by atoms with Gasteiger partial charge in [0, 0.05) is 30.8 Å². The zero-order valence-corrected chi connectivity index (χ0v) is 16.2. The molecule has 3 aromatic rings. The molecule has 9 nitrogen and oxygen atoms in total. The number of alkyl halides is 3. The third-order valence-corrected chi connectivity index (χ3v) is 5.09. The molecule has 1 saturated heterocycles. The number of furan rings is 1. The van der Waals surface area contributed by atoms with Gasteiger partial charge in [0.25, 0.3) is 11.8 Å². The molecule has 0 aliphatic carbocycles. The zero-order chi connectivity index (χ0) is 22.0. The minimum atomic E-state index is -4.48. The maximum absolute atomic E-state index is 12.7. The Morgan fingerprint density at radius 2 is 1.90 bits per heavy atom. The number of likely N-dealkylation sites (tertiary alicyclic amines) is 1. The summed E-state index contributed by atoms with van der Waals surface area (Å²) in [5.41, 5.74) is 1.45. The van der Waals surface area contributed by atoms with Gasteiger partial charge >= 0.3 is 6.18 Å². The third-order valence-electron chi connectivity index (χ3n) is 5.09. The number of halogens is 3. The van der Waals surface area contributed by atoms with Crippen LogP contribution in [0.3, 0.4) is 0 Å². The molecule has 3 aromatic heterocycles. The summed E-state index contributed by atoms with van der Waals surface area (Å²) in [5.74, 6) is -0.499. The molecule has 0 bridgehead atoms. The van der Waals surface area contributed by atoms with E-state index >= 15 is 0 Å². The lowest BCUT2D eigenvalue weighted by atomic mass is 9.93. The maximum atomic E-state index is 12.7. The van der Waals surface area contributed by atoms with Crippen LogP contribution in [-0.4, -0.2) is 62.9 Å². The summed E-state index contributed by atoms with van der Waals surface area (Å²) in [6.45, 7) is -0.467. The fourth-order valence-corrected chi connectivity index (χ4v) is 3.48. The van der Waals surface area contributed by atoms with Crippen LogP contribution in [-0.2, 0) is 0 Å². The Labute approximate surface area is 174 Å². The number of hydrogen-bond donors (Lipinski definition) is 3. The Morgan fingerprint density at radius 1 is 1.16 bits per heavy atom. The number of carbonyl (C=O) groups excluding carboxylic acids is 2. The van der Waals surface area contributed by atoms with Gasteiger partial charge in [-0.05, 0) is 31.0 Å². The van der Waals surface area contributed by atoms with Crippen LogP contribution in [0.5, 0.6) is 0 Å². The van der Waals surface area contributed by atoms with E-state index in [4.69, 9.17) is 4.42 Å². The zero-order valence-electron chi connectivity index (χ0n) is 16.2. The topological polar surface area (TPSA) is 120 Å². The van der Waals surface area contributed by atoms with Gasteiger partial charge in [0.15, 0.2) is 11.5 Å². The molecule has 4 heterocycles. The first-order chi connectivity index (χ1) is 14.8. The second kappa shape index (κ2) is 8.28. The van der Waals surface area contributed by atoms with Crippen molar-refractivity contribution in [3.05, 3.63) is 47.6 Å². The Bertz CT molecular complexity index is 1050. The predicted molar refractivity (Wildman–Crippen MR) is 101 cm³/mol. The molecule has 1 aliphatic rings. The molecule has 1 fully saturated rings. The molecule has 0 unspecified atom stereocenters. The molecule has 0 atom stereocenters. The lowest BCUT2D eigenvalue weighted by molar-refractivity contribution is -0.123. The van der Waals surface area contributed by atoms with Crippen molar-refractivity contribution in [2.45, 2.75) is 24.9 Å². The number of aromatic amines is 2. The van der Waals surface area contributed by atoms with Gasteiger partial charge in [0.2, 0.25) is 0 Å². The number of carbonyl (C=O) groups is 2. The summed E-state index contributed by atoms with van der Waals surface area (Å²) >= 11 is 0. The van der Waals surface area contributed by atoms with Crippen molar-refractivity contribution in [2.24, 2.45) is 0 Å². The van der Waals surface area contributed by atoms with E-state index in [2.05, 4.69) is 20.4 Å². The second-order valence-electron chi connectivity index (χ2n) is 7.22. The van der Waals surface area contributed by atoms with E-state index in [-0.39, 0.29) is 23.2 Å². The van der Waals surface area contributed by atoms with Crippen LogP contribution in [0.2, 0.25) is 0 Å². The molecular formula is C19H19F3N6O3. The lowest BCUT2D eigenvalue weighted by Gasteiger charge is -2.30. The van der Waals surface area contributed by atoms with Gasteiger partial charge < -0.3 is 14.6 Å². The molecule has 1 aliphatic heterocycles. The molecular weight excluding hydrogens is 417 g/mol. The largest absolute Gasteiger partial charge is 0.463 e.